The first-order valence-corrected chi connectivity index (χ1v) is 16.6. The first kappa shape index (κ1) is 33.8. The lowest BCUT2D eigenvalue weighted by molar-refractivity contribution is -0.128. The number of ether oxygens (including phenoxy) is 2. The van der Waals surface area contributed by atoms with Gasteiger partial charge in [-0.15, -0.1) is 0 Å². The largest absolute Gasteiger partial charge is 0.472 e. The molecule has 0 saturated carbocycles. The number of nitrogens with zero attached hydrogens (tertiary/aromatic N) is 6. The number of aromatic amines is 2. The molecular weight excluding hydrogens is 658 g/mol. The minimum atomic E-state index is -4.83. The molecule has 5 heterocycles. The number of hydrogen-bond acceptors (Lipinski definition) is 16. The maximum atomic E-state index is 13.0. The third-order valence-electron chi connectivity index (χ3n) is 6.88. The van der Waals surface area contributed by atoms with Gasteiger partial charge in [-0.05, 0) is 27.7 Å². The highest BCUT2D eigenvalue weighted by molar-refractivity contribution is 7.47. The van der Waals surface area contributed by atoms with E-state index in [1.54, 1.807) is 0 Å². The quantitative estimate of drug-likeness (QED) is 0.148. The van der Waals surface area contributed by atoms with E-state index in [1.165, 1.54) is 49.5 Å². The molecule has 252 valence electrons. The summed E-state index contributed by atoms with van der Waals surface area (Å²) in [4.78, 5) is 66.2. The van der Waals surface area contributed by atoms with Gasteiger partial charge in [0.2, 0.25) is 11.9 Å². The van der Waals surface area contributed by atoms with Gasteiger partial charge in [-0.3, -0.25) is 46.8 Å². The molecule has 22 nitrogen and oxygen atoms in total. The molecule has 4 aromatic heterocycles. The molecule has 46 heavy (non-hydrogen) atoms. The Morgan fingerprint density at radius 1 is 0.826 bits per heavy atom. The Morgan fingerprint density at radius 2 is 1.20 bits per heavy atom. The molecule has 8 N–H and O–H groups in total. The molecule has 0 spiro atoms. The summed E-state index contributed by atoms with van der Waals surface area (Å²) in [5.74, 6) is -0.343. The van der Waals surface area contributed by atoms with Crippen LogP contribution >= 0.6 is 15.6 Å². The normalized spacial score (nSPS) is 29.7. The van der Waals surface area contributed by atoms with Crippen molar-refractivity contribution < 1.29 is 46.5 Å². The van der Waals surface area contributed by atoms with E-state index < -0.39 is 76.8 Å². The van der Waals surface area contributed by atoms with Crippen LogP contribution in [0.25, 0.3) is 22.3 Å². The summed E-state index contributed by atoms with van der Waals surface area (Å²) >= 11 is 0. The molecule has 1 aliphatic heterocycles. The Hall–Kier alpha value is -3.56. The first-order chi connectivity index (χ1) is 21.5. The van der Waals surface area contributed by atoms with E-state index in [2.05, 4.69) is 29.9 Å². The van der Waals surface area contributed by atoms with E-state index >= 15 is 0 Å². The van der Waals surface area contributed by atoms with Crippen LogP contribution in [0.2, 0.25) is 0 Å². The number of phosphoric ester groups is 2. The van der Waals surface area contributed by atoms with Gasteiger partial charge in [0.25, 0.3) is 11.1 Å². The Labute approximate surface area is 258 Å². The average Bonchev–Trinajstić information content (AvgIpc) is 3.57. The van der Waals surface area contributed by atoms with E-state index in [1.807, 2.05) is 0 Å². The number of hydrogen-bond donors (Lipinski definition) is 6. The summed E-state index contributed by atoms with van der Waals surface area (Å²) in [6, 6.07) is 0. The molecule has 0 aromatic carbocycles. The molecule has 4 unspecified atom stereocenters. The Bertz CT molecular complexity index is 1810. The van der Waals surface area contributed by atoms with E-state index in [9.17, 15) is 28.5 Å². The van der Waals surface area contributed by atoms with Crippen molar-refractivity contribution in [1.29, 1.82) is 0 Å². The molecular formula is C22H32N10O12P2. The molecule has 8 atom stereocenters. The van der Waals surface area contributed by atoms with E-state index in [-0.39, 0.29) is 34.2 Å². The first-order valence-electron chi connectivity index (χ1n) is 13.6. The summed E-state index contributed by atoms with van der Waals surface area (Å²) in [6.07, 6.45) is -4.54. The summed E-state index contributed by atoms with van der Waals surface area (Å²) in [5.41, 5.74) is 10.2. The second-order valence-electron chi connectivity index (χ2n) is 10.2. The Kier molecular flexibility index (Phi) is 9.49. The van der Waals surface area contributed by atoms with Gasteiger partial charge >= 0.3 is 15.6 Å². The highest BCUT2D eigenvalue weighted by atomic mass is 31.2. The minimum Gasteiger partial charge on any atom is -0.369 e. The van der Waals surface area contributed by atoms with E-state index in [0.717, 1.165) is 0 Å². The summed E-state index contributed by atoms with van der Waals surface area (Å²) in [7, 11) is -9.66. The van der Waals surface area contributed by atoms with Gasteiger partial charge < -0.3 is 30.7 Å². The van der Waals surface area contributed by atoms with Gasteiger partial charge in [0.15, 0.2) is 22.3 Å². The predicted molar refractivity (Wildman–Crippen MR) is 157 cm³/mol. The second-order valence-corrected chi connectivity index (χ2v) is 13.1. The number of aromatic nitrogens is 8. The van der Waals surface area contributed by atoms with Crippen molar-refractivity contribution in [2.75, 3.05) is 24.7 Å². The number of nitrogens with one attached hydrogen (secondary N) is 2. The third-order valence-corrected chi connectivity index (χ3v) is 9.03. The topological polar surface area (TPSA) is 309 Å². The minimum absolute atomic E-state index is 0.0271. The lowest BCUT2D eigenvalue weighted by Crippen LogP contribution is -2.38. The average molecular weight is 691 g/mol. The standard InChI is InChI=1S/C22H32N10O12P2/c1-9-13(41-11(3)31-7-25-15-17(31)27-21(23)29-19(15)33)5-39-46(37,38)44-10(2)14(6-40-45(35,36)43-9)42-12(4)32-8-26-16-18(32)28-22(24)30-20(16)34/h7-14H,5-6H2,1-4H3,(H,35,36)(H,37,38)(H3,23,27,29,33)(H3,24,28,30,34)/t9?,10?,11-,12-,13-,14-/m1/s1. The van der Waals surface area contributed by atoms with Crippen molar-refractivity contribution in [2.24, 2.45) is 0 Å². The number of fused-ring (bicyclic) bond motifs is 2. The van der Waals surface area contributed by atoms with Gasteiger partial charge in [0, 0.05) is 0 Å². The van der Waals surface area contributed by atoms with Gasteiger partial charge in [0.05, 0.1) is 38.1 Å². The maximum absolute atomic E-state index is 13.0. The number of nitrogen functional groups attached to an aromatic ring is 2. The highest BCUT2D eigenvalue weighted by Crippen LogP contribution is 2.49. The van der Waals surface area contributed by atoms with Crippen molar-refractivity contribution in [3.8, 4) is 0 Å². The molecule has 24 heteroatoms. The van der Waals surface area contributed by atoms with Crippen LogP contribution in [-0.2, 0) is 36.7 Å². The van der Waals surface area contributed by atoms with Crippen LogP contribution in [0, 0.1) is 0 Å². The van der Waals surface area contributed by atoms with Crippen LogP contribution < -0.4 is 22.6 Å². The SMILES string of the molecule is CC1OP(=O)(O)OC[C@@H](O[C@H](C)n2cnc3c(=O)[nH]c(N)nc32)C(C)OP(=O)(O)OC[C@H]1O[C@H](C)n1cnc2c(=O)[nH]c(N)nc21. The molecule has 1 fully saturated rings. The number of rotatable bonds is 6. The van der Waals surface area contributed by atoms with Gasteiger partial charge in [-0.25, -0.2) is 19.1 Å². The molecule has 1 saturated heterocycles. The fourth-order valence-electron chi connectivity index (χ4n) is 4.58. The fraction of sp³-hybridized carbons (Fsp3) is 0.545. The van der Waals surface area contributed by atoms with Gasteiger partial charge in [0.1, 0.15) is 24.7 Å². The number of H-pyrrole nitrogens is 2. The van der Waals surface area contributed by atoms with Crippen LogP contribution in [0.1, 0.15) is 40.2 Å². The lowest BCUT2D eigenvalue weighted by atomic mass is 10.2. The highest BCUT2D eigenvalue weighted by Gasteiger charge is 2.39. The lowest BCUT2D eigenvalue weighted by Gasteiger charge is -2.32. The molecule has 1 aliphatic rings. The Morgan fingerprint density at radius 3 is 1.57 bits per heavy atom. The molecule has 0 bridgehead atoms. The zero-order chi connectivity index (χ0) is 33.6. The number of phosphoric acid groups is 2. The molecule has 0 radical (unpaired) electrons. The molecule has 0 amide bonds. The van der Waals surface area contributed by atoms with E-state index in [4.69, 9.17) is 39.0 Å². The van der Waals surface area contributed by atoms with Crippen molar-refractivity contribution in [1.82, 2.24) is 39.0 Å². The van der Waals surface area contributed by atoms with E-state index in [0.29, 0.717) is 0 Å². The van der Waals surface area contributed by atoms with Crippen LogP contribution in [0.15, 0.2) is 22.2 Å². The molecule has 0 aliphatic carbocycles. The van der Waals surface area contributed by atoms with Crippen LogP contribution in [0.3, 0.4) is 0 Å². The summed E-state index contributed by atoms with van der Waals surface area (Å²) in [5, 5.41) is 0. The summed E-state index contributed by atoms with van der Waals surface area (Å²) < 4.78 is 61.6. The van der Waals surface area contributed by atoms with Crippen molar-refractivity contribution in [3.05, 3.63) is 33.4 Å². The van der Waals surface area contributed by atoms with Crippen LogP contribution in [0.5, 0.6) is 0 Å². The Balaban J connectivity index is 1.35. The number of anilines is 2. The maximum Gasteiger partial charge on any atom is 0.472 e. The predicted octanol–water partition coefficient (Wildman–Crippen LogP) is 0.282. The van der Waals surface area contributed by atoms with Crippen molar-refractivity contribution >= 4 is 49.9 Å². The fourth-order valence-corrected chi connectivity index (χ4v) is 6.48. The second kappa shape index (κ2) is 12.9. The zero-order valence-electron chi connectivity index (χ0n) is 24.7. The van der Waals surface area contributed by atoms with Gasteiger partial charge in [-0.1, -0.05) is 0 Å². The van der Waals surface area contributed by atoms with Crippen LogP contribution in [0.4, 0.5) is 11.9 Å². The molecule has 5 rings (SSSR count). The van der Waals surface area contributed by atoms with Gasteiger partial charge in [-0.2, -0.15) is 9.97 Å². The third kappa shape index (κ3) is 7.36. The summed E-state index contributed by atoms with van der Waals surface area (Å²) in [6.45, 7) is 4.42. The van der Waals surface area contributed by atoms with Crippen molar-refractivity contribution in [3.63, 3.8) is 0 Å². The monoisotopic (exact) mass is 690 g/mol. The van der Waals surface area contributed by atoms with Crippen LogP contribution in [-0.4, -0.2) is 86.5 Å². The number of imidazole rings is 2. The smallest absolute Gasteiger partial charge is 0.369 e. The number of nitrogens with two attached hydrogens (primary N) is 2. The zero-order valence-corrected chi connectivity index (χ0v) is 26.5. The molecule has 4 aromatic rings. The van der Waals surface area contributed by atoms with Crippen molar-refractivity contribution in [2.45, 2.75) is 64.6 Å².